The minimum Gasteiger partial charge on any atom is -0.243 e. The Morgan fingerprint density at radius 1 is 0.442 bits per heavy atom. The molecule has 0 aliphatic rings. The molecule has 8 aromatic rings. The smallest absolute Gasteiger partial charge is 0.155 e. The van der Waals surface area contributed by atoms with Crippen molar-refractivity contribution in [2.45, 2.75) is 111 Å². The molecule has 0 aliphatic heterocycles. The second-order valence-corrected chi connectivity index (χ2v) is 7.70. The maximum Gasteiger partial charge on any atom is 0.155 e. The van der Waals surface area contributed by atoms with Gasteiger partial charge in [-0.15, -0.1) is 0 Å². The van der Waals surface area contributed by atoms with Gasteiger partial charge in [-0.3, -0.25) is 0 Å². The Morgan fingerprint density at radius 3 is 1.33 bits per heavy atom. The molecule has 0 saturated carbocycles. The van der Waals surface area contributed by atoms with Crippen LogP contribution in [0.4, 0.5) is 0 Å². The van der Waals surface area contributed by atoms with E-state index in [0.29, 0.717) is 0 Å². The van der Waals surface area contributed by atoms with Crippen LogP contribution in [0, 0.1) is 0 Å². The van der Waals surface area contributed by atoms with E-state index in [-0.39, 0.29) is 0 Å². The molecule has 8 rings (SSSR count). The van der Waals surface area contributed by atoms with Crippen LogP contribution < -0.4 is 0 Å². The summed E-state index contributed by atoms with van der Waals surface area (Å²) in [6, 6.07) is 29.0. The number of benzene rings is 2. The van der Waals surface area contributed by atoms with Crippen molar-refractivity contribution in [1.82, 2.24) is 43.3 Å². The van der Waals surface area contributed by atoms with Crippen molar-refractivity contribution in [3.05, 3.63) is 116 Å². The Labute approximate surface area is 318 Å². The fraction of sp³-hybridized carbons (Fsp3) is 0.390. The average Bonchev–Trinajstić information content (AvgIpc) is 4.12. The molecule has 10 nitrogen and oxygen atoms in total. The average molecular weight is 734 g/mol. The zero-order chi connectivity index (χ0) is 40.4. The third-order valence-corrected chi connectivity index (χ3v) is 5.37. The number of nitrogens with zero attached hydrogens (tertiary/aromatic N) is 9. The molecule has 0 atom stereocenters. The first-order chi connectivity index (χ1) is 25.9. The molecule has 0 saturated heterocycles. The Hall–Kier alpha value is -5.03. The van der Waals surface area contributed by atoms with Gasteiger partial charge in [-0.25, -0.2) is 18.6 Å². The van der Waals surface area contributed by atoms with Gasteiger partial charge in [-0.2, -0.15) is 18.9 Å². The molecular weight excluding hydrogens is 667 g/mol. The molecule has 2 aromatic carbocycles. The number of hydrogen-bond donors (Lipinski definition) is 0. The molecule has 0 amide bonds. The van der Waals surface area contributed by atoms with E-state index in [1.165, 1.54) is 18.1 Å². The van der Waals surface area contributed by atoms with E-state index in [9.17, 15) is 0 Å². The molecule has 0 bridgehead atoms. The molecule has 6 aromatic heterocycles. The quantitative estimate of drug-likeness (QED) is 0.151. The third kappa shape index (κ3) is 21.9. The highest BCUT2D eigenvalue weighted by Crippen LogP contribution is 2.08. The maximum absolute atomic E-state index is 4.46. The highest BCUT2D eigenvalue weighted by Gasteiger charge is 1.94. The van der Waals surface area contributed by atoms with Crippen molar-refractivity contribution in [2.24, 2.45) is 0 Å². The lowest BCUT2D eigenvalue weighted by Crippen LogP contribution is -1.82. The van der Waals surface area contributed by atoms with Crippen molar-refractivity contribution < 1.29 is 4.63 Å². The number of pyridine rings is 2. The minimum atomic E-state index is 0.803. The summed E-state index contributed by atoms with van der Waals surface area (Å²) >= 11 is 1.25. The van der Waals surface area contributed by atoms with Crippen LogP contribution in [0.2, 0.25) is 0 Å². The Morgan fingerprint density at radius 2 is 0.865 bits per heavy atom. The van der Waals surface area contributed by atoms with Gasteiger partial charge in [0.15, 0.2) is 5.65 Å². The summed E-state index contributed by atoms with van der Waals surface area (Å²) in [5.74, 6) is 0. The molecule has 0 radical (unpaired) electrons. The Balaban J connectivity index is -0.000000262. The molecule has 0 unspecified atom stereocenters. The Kier molecular flexibility index (Phi) is 43.6. The molecule has 0 N–H and O–H groups in total. The van der Waals surface area contributed by atoms with Crippen LogP contribution in [-0.2, 0) is 0 Å². The molecule has 11 heteroatoms. The third-order valence-electron chi connectivity index (χ3n) is 4.81. The number of fused-ring (bicyclic) bond motifs is 4. The highest BCUT2D eigenvalue weighted by molar-refractivity contribution is 7.00. The predicted octanol–water partition coefficient (Wildman–Crippen LogP) is 13.2. The van der Waals surface area contributed by atoms with E-state index in [1.54, 1.807) is 10.7 Å². The Bertz CT molecular complexity index is 1410. The summed E-state index contributed by atoms with van der Waals surface area (Å²) in [7, 11) is 0. The van der Waals surface area contributed by atoms with E-state index >= 15 is 0 Å². The van der Waals surface area contributed by atoms with Crippen LogP contribution in [0.15, 0.2) is 121 Å². The molecule has 0 spiro atoms. The molecule has 0 aliphatic carbocycles. The zero-order valence-electron chi connectivity index (χ0n) is 34.8. The monoisotopic (exact) mass is 734 g/mol. The number of rotatable bonds is 0. The fourth-order valence-corrected chi connectivity index (χ4v) is 3.61. The van der Waals surface area contributed by atoms with E-state index in [0.717, 1.165) is 33.2 Å². The molecule has 52 heavy (non-hydrogen) atoms. The summed E-state index contributed by atoms with van der Waals surface area (Å²) in [4.78, 5) is 3.97. The van der Waals surface area contributed by atoms with E-state index < -0.39 is 0 Å². The summed E-state index contributed by atoms with van der Waals surface area (Å²) in [5.41, 5.74) is 5.61. The molecular formula is C41H67N9OS. The first-order valence-electron chi connectivity index (χ1n) is 18.8. The van der Waals surface area contributed by atoms with Crippen molar-refractivity contribution in [3.63, 3.8) is 0 Å². The van der Waals surface area contributed by atoms with Crippen molar-refractivity contribution in [3.8, 4) is 0 Å². The van der Waals surface area contributed by atoms with Gasteiger partial charge < -0.3 is 0 Å². The van der Waals surface area contributed by atoms with Crippen LogP contribution in [0.25, 0.3) is 33.2 Å². The maximum atomic E-state index is 4.46. The van der Waals surface area contributed by atoms with Gasteiger partial charge in [0, 0.05) is 18.6 Å². The van der Waals surface area contributed by atoms with Crippen molar-refractivity contribution >= 4 is 45.0 Å². The van der Waals surface area contributed by atoms with Crippen molar-refractivity contribution in [1.29, 1.82) is 0 Å². The largest absolute Gasteiger partial charge is 0.243 e. The van der Waals surface area contributed by atoms with Gasteiger partial charge in [-0.1, -0.05) is 147 Å². The van der Waals surface area contributed by atoms with Crippen molar-refractivity contribution in [2.75, 3.05) is 0 Å². The molecule has 0 fully saturated rings. The number of aromatic nitrogens is 9. The van der Waals surface area contributed by atoms with Gasteiger partial charge in [0.05, 0.1) is 17.2 Å². The van der Waals surface area contributed by atoms with Crippen LogP contribution in [0.3, 0.4) is 0 Å². The standard InChI is InChI=1S/C7H6N2.C6H5N3.C6H4N2O.C6H4N2S.8C2H6/c1-2-6-9-7(3-1)4-5-8-9;1-2-4-9-6(3-1)7-5-8-9;2*1-2-4-6-5(3-1)7-9-8-6;8*1-2/h1-6H;1-5H;2*1-4H;8*1-2H3. The second kappa shape index (κ2) is 42.1. The fourth-order valence-electron chi connectivity index (χ4n) is 3.09. The normalized spacial score (nSPS) is 8.00. The summed E-state index contributed by atoms with van der Waals surface area (Å²) in [6.45, 7) is 32.0. The SMILES string of the molecule is CC.CC.CC.CC.CC.CC.CC.CC.c1ccc2nonc2c1.c1ccc2nsnc2c1.c1ccn2nccc2c1.c1ccn2ncnc2c1. The van der Waals surface area contributed by atoms with Gasteiger partial charge in [0.25, 0.3) is 0 Å². The molecule has 288 valence electrons. The van der Waals surface area contributed by atoms with E-state index in [1.807, 2.05) is 219 Å². The van der Waals surface area contributed by atoms with Gasteiger partial charge >= 0.3 is 0 Å². The highest BCUT2D eigenvalue weighted by atomic mass is 32.1. The van der Waals surface area contributed by atoms with Crippen LogP contribution >= 0.6 is 11.7 Å². The first-order valence-corrected chi connectivity index (χ1v) is 19.6. The lowest BCUT2D eigenvalue weighted by molar-refractivity contribution is 0.315. The summed E-state index contributed by atoms with van der Waals surface area (Å²) in [5, 5.41) is 15.2. The van der Waals surface area contributed by atoms with Crippen LogP contribution in [0.1, 0.15) is 111 Å². The van der Waals surface area contributed by atoms with E-state index in [2.05, 4.69) is 38.9 Å². The summed E-state index contributed by atoms with van der Waals surface area (Å²) in [6.07, 6.45) is 7.11. The number of hydrogen-bond acceptors (Lipinski definition) is 9. The first kappa shape index (κ1) is 53.8. The van der Waals surface area contributed by atoms with E-state index in [4.69, 9.17) is 0 Å². The lowest BCUT2D eigenvalue weighted by Gasteiger charge is -1.86. The van der Waals surface area contributed by atoms with Crippen LogP contribution in [-0.4, -0.2) is 43.3 Å². The lowest BCUT2D eigenvalue weighted by atomic mass is 10.3. The minimum absolute atomic E-state index is 0.803. The zero-order valence-corrected chi connectivity index (χ0v) is 35.6. The topological polar surface area (TPSA) is 112 Å². The predicted molar refractivity (Wildman–Crippen MR) is 228 cm³/mol. The second-order valence-electron chi connectivity index (χ2n) is 7.17. The van der Waals surface area contributed by atoms with Gasteiger partial charge in [0.2, 0.25) is 0 Å². The van der Waals surface area contributed by atoms with Gasteiger partial charge in [0.1, 0.15) is 28.4 Å². The van der Waals surface area contributed by atoms with Gasteiger partial charge in [-0.05, 0) is 64.9 Å². The molecule has 6 heterocycles. The van der Waals surface area contributed by atoms with Crippen LogP contribution in [0.5, 0.6) is 0 Å². The summed E-state index contributed by atoms with van der Waals surface area (Å²) < 4.78 is 16.1.